The molecule has 1 aliphatic heterocycles. The van der Waals surface area contributed by atoms with E-state index in [9.17, 15) is 9.59 Å². The Bertz CT molecular complexity index is 769. The summed E-state index contributed by atoms with van der Waals surface area (Å²) in [7, 11) is 1.60. The summed E-state index contributed by atoms with van der Waals surface area (Å²) in [4.78, 5) is 26.0. The molecule has 2 aromatic rings. The number of benzene rings is 2. The van der Waals surface area contributed by atoms with Crippen molar-refractivity contribution >= 4 is 23.6 Å². The van der Waals surface area contributed by atoms with Crippen molar-refractivity contribution in [2.45, 2.75) is 12.5 Å². The van der Waals surface area contributed by atoms with Crippen molar-refractivity contribution in [3.63, 3.8) is 0 Å². The highest BCUT2D eigenvalue weighted by molar-refractivity contribution is 5.98. The van der Waals surface area contributed by atoms with Gasteiger partial charge in [0.2, 0.25) is 11.8 Å². The van der Waals surface area contributed by atoms with E-state index in [1.165, 1.54) is 6.08 Å². The summed E-state index contributed by atoms with van der Waals surface area (Å²) in [6, 6.07) is 16.7. The average molecular weight is 336 g/mol. The van der Waals surface area contributed by atoms with Gasteiger partial charge in [-0.2, -0.15) is 0 Å². The molecule has 0 spiro atoms. The minimum absolute atomic E-state index is 0.00232. The number of hydrogen-bond acceptors (Lipinski definition) is 3. The molecular weight excluding hydrogens is 316 g/mol. The molecule has 5 heteroatoms. The zero-order chi connectivity index (χ0) is 17.6. The lowest BCUT2D eigenvalue weighted by molar-refractivity contribution is -0.117. The smallest absolute Gasteiger partial charge is 0.244 e. The van der Waals surface area contributed by atoms with E-state index < -0.39 is 0 Å². The van der Waals surface area contributed by atoms with Crippen LogP contribution < -0.4 is 15.0 Å². The van der Waals surface area contributed by atoms with Crippen molar-refractivity contribution in [2.75, 3.05) is 18.6 Å². The maximum absolute atomic E-state index is 12.2. The molecule has 0 radical (unpaired) electrons. The number of rotatable bonds is 5. The van der Waals surface area contributed by atoms with Crippen LogP contribution in [-0.4, -0.2) is 31.5 Å². The van der Waals surface area contributed by atoms with Crippen LogP contribution in [0.1, 0.15) is 12.0 Å². The Balaban J connectivity index is 1.58. The molecule has 0 aromatic heterocycles. The lowest BCUT2D eigenvalue weighted by atomic mass is 10.2. The second kappa shape index (κ2) is 7.66. The summed E-state index contributed by atoms with van der Waals surface area (Å²) in [5.41, 5.74) is 1.77. The van der Waals surface area contributed by atoms with Gasteiger partial charge in [-0.05, 0) is 35.9 Å². The van der Waals surface area contributed by atoms with Crippen molar-refractivity contribution < 1.29 is 14.3 Å². The van der Waals surface area contributed by atoms with E-state index in [-0.39, 0.29) is 17.9 Å². The first-order valence-electron chi connectivity index (χ1n) is 8.14. The highest BCUT2D eigenvalue weighted by Crippen LogP contribution is 2.24. The molecule has 1 heterocycles. The van der Waals surface area contributed by atoms with E-state index >= 15 is 0 Å². The Morgan fingerprint density at radius 2 is 1.88 bits per heavy atom. The van der Waals surface area contributed by atoms with Gasteiger partial charge in [0.15, 0.2) is 0 Å². The van der Waals surface area contributed by atoms with E-state index in [2.05, 4.69) is 5.32 Å². The van der Waals surface area contributed by atoms with Crippen LogP contribution in [0.15, 0.2) is 60.7 Å². The summed E-state index contributed by atoms with van der Waals surface area (Å²) in [6.45, 7) is 0.468. The summed E-state index contributed by atoms with van der Waals surface area (Å²) in [6.07, 6.45) is 3.56. The van der Waals surface area contributed by atoms with Crippen molar-refractivity contribution in [1.82, 2.24) is 5.32 Å². The standard InChI is InChI=1S/C20H20N2O3/c1-25-18-10-8-17(9-11-18)22-14-16(13-20(22)24)21-19(23)12-7-15-5-3-2-4-6-15/h2-12,16H,13-14H2,1H3,(H,21,23)/b12-7-/t16-/m0/s1. The van der Waals surface area contributed by atoms with Crippen LogP contribution in [0, 0.1) is 0 Å². The summed E-state index contributed by atoms with van der Waals surface area (Å²) in [5.74, 6) is 0.548. The molecule has 0 saturated carbocycles. The van der Waals surface area contributed by atoms with E-state index in [4.69, 9.17) is 4.74 Å². The molecule has 1 fully saturated rings. The van der Waals surface area contributed by atoms with Crippen LogP contribution in [0.2, 0.25) is 0 Å². The molecule has 2 aromatic carbocycles. The fourth-order valence-electron chi connectivity index (χ4n) is 2.80. The number of ether oxygens (including phenoxy) is 1. The first-order chi connectivity index (χ1) is 12.2. The molecule has 0 bridgehead atoms. The van der Waals surface area contributed by atoms with Gasteiger partial charge < -0.3 is 15.0 Å². The number of nitrogens with one attached hydrogen (secondary N) is 1. The number of methoxy groups -OCH3 is 1. The first-order valence-corrected chi connectivity index (χ1v) is 8.14. The lowest BCUT2D eigenvalue weighted by Gasteiger charge is -2.17. The molecule has 25 heavy (non-hydrogen) atoms. The minimum atomic E-state index is -0.196. The Morgan fingerprint density at radius 3 is 2.56 bits per heavy atom. The number of hydrogen-bond donors (Lipinski definition) is 1. The molecular formula is C20H20N2O3. The average Bonchev–Trinajstić information content (AvgIpc) is 3.01. The van der Waals surface area contributed by atoms with Gasteiger partial charge in [-0.3, -0.25) is 9.59 Å². The van der Waals surface area contributed by atoms with Crippen molar-refractivity contribution in [3.05, 3.63) is 66.2 Å². The quantitative estimate of drug-likeness (QED) is 0.854. The summed E-state index contributed by atoms with van der Waals surface area (Å²) in [5, 5.41) is 2.89. The van der Waals surface area contributed by atoms with Gasteiger partial charge in [-0.25, -0.2) is 0 Å². The van der Waals surface area contributed by atoms with Gasteiger partial charge in [0.05, 0.1) is 13.2 Å². The second-order valence-corrected chi connectivity index (χ2v) is 5.86. The van der Waals surface area contributed by atoms with Gasteiger partial charge in [-0.15, -0.1) is 0 Å². The third-order valence-electron chi connectivity index (χ3n) is 4.08. The molecule has 5 nitrogen and oxygen atoms in total. The zero-order valence-electron chi connectivity index (χ0n) is 14.0. The van der Waals surface area contributed by atoms with Gasteiger partial charge >= 0.3 is 0 Å². The third-order valence-corrected chi connectivity index (χ3v) is 4.08. The molecule has 1 atom stereocenters. The first kappa shape index (κ1) is 16.8. The molecule has 0 aliphatic carbocycles. The van der Waals surface area contributed by atoms with E-state index in [1.807, 2.05) is 54.6 Å². The van der Waals surface area contributed by atoms with Crippen LogP contribution in [0.25, 0.3) is 6.08 Å². The molecule has 1 aliphatic rings. The normalized spacial score (nSPS) is 17.1. The third kappa shape index (κ3) is 4.26. The van der Waals surface area contributed by atoms with Crippen LogP contribution in [0.3, 0.4) is 0 Å². The van der Waals surface area contributed by atoms with E-state index in [1.54, 1.807) is 18.1 Å². The Kier molecular flexibility index (Phi) is 5.14. The van der Waals surface area contributed by atoms with Crippen LogP contribution in [0.4, 0.5) is 5.69 Å². The van der Waals surface area contributed by atoms with Crippen LogP contribution >= 0.6 is 0 Å². The SMILES string of the molecule is COc1ccc(N2C[C@@H](NC(=O)/C=C\c3ccccc3)CC2=O)cc1. The monoisotopic (exact) mass is 336 g/mol. The number of carbonyl (C=O) groups is 2. The maximum atomic E-state index is 12.2. The van der Waals surface area contributed by atoms with Crippen molar-refractivity contribution in [1.29, 1.82) is 0 Å². The Hall–Kier alpha value is -3.08. The Morgan fingerprint density at radius 1 is 1.16 bits per heavy atom. The van der Waals surface area contributed by atoms with Gasteiger partial charge in [-0.1, -0.05) is 30.3 Å². The van der Waals surface area contributed by atoms with Crippen LogP contribution in [0.5, 0.6) is 5.75 Å². The largest absolute Gasteiger partial charge is 0.497 e. The Labute approximate surface area is 146 Å². The highest BCUT2D eigenvalue weighted by Gasteiger charge is 2.31. The molecule has 0 unspecified atom stereocenters. The van der Waals surface area contributed by atoms with Gasteiger partial charge in [0.25, 0.3) is 0 Å². The van der Waals surface area contributed by atoms with Crippen molar-refractivity contribution in [3.8, 4) is 5.75 Å². The van der Waals surface area contributed by atoms with Crippen LogP contribution in [-0.2, 0) is 9.59 Å². The molecule has 1 N–H and O–H groups in total. The minimum Gasteiger partial charge on any atom is -0.497 e. The van der Waals surface area contributed by atoms with E-state index in [0.717, 1.165) is 17.0 Å². The summed E-state index contributed by atoms with van der Waals surface area (Å²) < 4.78 is 5.13. The number of anilines is 1. The van der Waals surface area contributed by atoms with Gasteiger partial charge in [0.1, 0.15) is 5.75 Å². The molecule has 3 rings (SSSR count). The van der Waals surface area contributed by atoms with Crippen molar-refractivity contribution in [2.24, 2.45) is 0 Å². The second-order valence-electron chi connectivity index (χ2n) is 5.86. The van der Waals surface area contributed by atoms with E-state index in [0.29, 0.717) is 13.0 Å². The lowest BCUT2D eigenvalue weighted by Crippen LogP contribution is -2.36. The number of nitrogens with zero attached hydrogens (tertiary/aromatic N) is 1. The fourth-order valence-corrected chi connectivity index (χ4v) is 2.80. The molecule has 128 valence electrons. The summed E-state index contributed by atoms with van der Waals surface area (Å²) >= 11 is 0. The number of carbonyl (C=O) groups excluding carboxylic acids is 2. The maximum Gasteiger partial charge on any atom is 0.244 e. The topological polar surface area (TPSA) is 58.6 Å². The fraction of sp³-hybridized carbons (Fsp3) is 0.200. The molecule has 1 saturated heterocycles. The zero-order valence-corrected chi connectivity index (χ0v) is 14.0. The highest BCUT2D eigenvalue weighted by atomic mass is 16.5. The molecule has 2 amide bonds. The number of amides is 2. The van der Waals surface area contributed by atoms with Gasteiger partial charge in [0, 0.05) is 24.7 Å². The predicted octanol–water partition coefficient (Wildman–Crippen LogP) is 2.63. The predicted molar refractivity (Wildman–Crippen MR) is 97.4 cm³/mol.